The highest BCUT2D eigenvalue weighted by Crippen LogP contribution is 2.37. The topological polar surface area (TPSA) is 24.5 Å². The maximum atomic E-state index is 14.0. The summed E-state index contributed by atoms with van der Waals surface area (Å²) in [7, 11) is 0. The molecule has 0 aliphatic carbocycles. The van der Waals surface area contributed by atoms with E-state index in [2.05, 4.69) is 16.3 Å². The number of hydrogen-bond donors (Lipinski definition) is 1. The number of nitrogens with one attached hydrogen (secondary N) is 1. The number of ether oxygens (including phenoxy) is 1. The Labute approximate surface area is 150 Å². The third kappa shape index (κ3) is 4.80. The van der Waals surface area contributed by atoms with E-state index in [1.807, 2.05) is 13.0 Å². The van der Waals surface area contributed by atoms with E-state index in [4.69, 9.17) is 4.74 Å². The largest absolute Gasteiger partial charge is 0.381 e. The maximum Gasteiger partial charge on any atom is 0.126 e. The van der Waals surface area contributed by atoms with Crippen LogP contribution in [-0.4, -0.2) is 44.3 Å². The van der Waals surface area contributed by atoms with Crippen molar-refractivity contribution in [3.63, 3.8) is 0 Å². The average molecular weight is 365 g/mol. The Balaban J connectivity index is 0.00000132. The first-order valence-corrected chi connectivity index (χ1v) is 8.05. The third-order valence-electron chi connectivity index (χ3n) is 4.89. The van der Waals surface area contributed by atoms with Gasteiger partial charge in [0.05, 0.1) is 0 Å². The van der Waals surface area contributed by atoms with Gasteiger partial charge >= 0.3 is 0 Å². The molecule has 0 saturated carbocycles. The summed E-state index contributed by atoms with van der Waals surface area (Å²) >= 11 is 0. The zero-order chi connectivity index (χ0) is 14.7. The summed E-state index contributed by atoms with van der Waals surface area (Å²) in [4.78, 5) is 2.54. The van der Waals surface area contributed by atoms with Crippen LogP contribution in [0.15, 0.2) is 18.2 Å². The fourth-order valence-corrected chi connectivity index (χ4v) is 3.69. The van der Waals surface area contributed by atoms with Crippen molar-refractivity contribution in [1.82, 2.24) is 10.2 Å². The maximum absolute atomic E-state index is 14.0. The minimum Gasteiger partial charge on any atom is -0.381 e. The lowest BCUT2D eigenvalue weighted by molar-refractivity contribution is 0.0210. The van der Waals surface area contributed by atoms with E-state index in [0.29, 0.717) is 12.0 Å². The molecule has 1 atom stereocenters. The number of halogens is 3. The Morgan fingerprint density at radius 1 is 1.17 bits per heavy atom. The highest BCUT2D eigenvalue weighted by atomic mass is 35.5. The SMILES string of the molecule is Cc1c(F)cccc1[C@H](C1CCOCC1)N1CCNCC1.Cl.Cl. The van der Waals surface area contributed by atoms with Crippen LogP contribution in [0.2, 0.25) is 0 Å². The van der Waals surface area contributed by atoms with Crippen molar-refractivity contribution in [2.45, 2.75) is 25.8 Å². The summed E-state index contributed by atoms with van der Waals surface area (Å²) in [5.74, 6) is 0.483. The van der Waals surface area contributed by atoms with Gasteiger partial charge in [0.15, 0.2) is 0 Å². The highest BCUT2D eigenvalue weighted by Gasteiger charge is 2.32. The number of nitrogens with zero attached hydrogens (tertiary/aromatic N) is 1. The molecule has 0 unspecified atom stereocenters. The normalized spacial score (nSPS) is 21.1. The van der Waals surface area contributed by atoms with Crippen molar-refractivity contribution >= 4 is 24.8 Å². The third-order valence-corrected chi connectivity index (χ3v) is 4.89. The first-order valence-electron chi connectivity index (χ1n) is 8.05. The van der Waals surface area contributed by atoms with Crippen LogP contribution in [0, 0.1) is 18.7 Å². The molecule has 1 aromatic rings. The van der Waals surface area contributed by atoms with Crippen LogP contribution < -0.4 is 5.32 Å². The van der Waals surface area contributed by atoms with E-state index >= 15 is 0 Å². The van der Waals surface area contributed by atoms with Gasteiger partial charge in [0.2, 0.25) is 0 Å². The van der Waals surface area contributed by atoms with E-state index in [1.54, 1.807) is 6.07 Å². The van der Waals surface area contributed by atoms with E-state index in [0.717, 1.165) is 57.8 Å². The standard InChI is InChI=1S/C17H25FN2O.2ClH/c1-13-15(3-2-4-16(13)18)17(14-5-11-21-12-6-14)20-9-7-19-8-10-20;;/h2-4,14,17,19H,5-12H2,1H3;2*1H/t17-;;/m0../s1. The predicted molar refractivity (Wildman–Crippen MR) is 96.4 cm³/mol. The van der Waals surface area contributed by atoms with Crippen molar-refractivity contribution < 1.29 is 9.13 Å². The summed E-state index contributed by atoms with van der Waals surface area (Å²) in [6, 6.07) is 5.86. The molecule has 2 saturated heterocycles. The summed E-state index contributed by atoms with van der Waals surface area (Å²) in [6.45, 7) is 7.71. The molecule has 0 radical (unpaired) electrons. The number of benzene rings is 1. The van der Waals surface area contributed by atoms with Gasteiger partial charge in [0.1, 0.15) is 5.82 Å². The summed E-state index contributed by atoms with van der Waals surface area (Å²) in [5.41, 5.74) is 1.98. The zero-order valence-electron chi connectivity index (χ0n) is 13.6. The van der Waals surface area contributed by atoms with Crippen LogP contribution in [0.4, 0.5) is 4.39 Å². The molecule has 2 fully saturated rings. The minimum atomic E-state index is -0.0836. The van der Waals surface area contributed by atoms with Crippen molar-refractivity contribution in [3.05, 3.63) is 35.1 Å². The van der Waals surface area contributed by atoms with Gasteiger partial charge in [-0.05, 0) is 42.9 Å². The molecule has 0 aromatic heterocycles. The molecule has 1 N–H and O–H groups in total. The van der Waals surface area contributed by atoms with Gasteiger partial charge in [-0.3, -0.25) is 4.90 Å². The van der Waals surface area contributed by atoms with Crippen molar-refractivity contribution in [2.24, 2.45) is 5.92 Å². The summed E-state index contributed by atoms with van der Waals surface area (Å²) < 4.78 is 19.5. The molecule has 3 nitrogen and oxygen atoms in total. The molecule has 3 rings (SSSR count). The van der Waals surface area contributed by atoms with Gasteiger partial charge in [0, 0.05) is 45.4 Å². The molecular weight excluding hydrogens is 338 g/mol. The number of rotatable bonds is 3. The van der Waals surface area contributed by atoms with Crippen molar-refractivity contribution in [3.8, 4) is 0 Å². The second-order valence-electron chi connectivity index (χ2n) is 6.13. The predicted octanol–water partition coefficient (Wildman–Crippen LogP) is 3.35. The molecule has 2 heterocycles. The fourth-order valence-electron chi connectivity index (χ4n) is 3.69. The van der Waals surface area contributed by atoms with Crippen molar-refractivity contribution in [1.29, 1.82) is 0 Å². The number of piperazine rings is 1. The molecule has 2 aliphatic heterocycles. The Kier molecular flexibility index (Phi) is 8.80. The molecule has 0 spiro atoms. The molecule has 132 valence electrons. The molecular formula is C17H27Cl2FN2O. The molecule has 6 heteroatoms. The summed E-state index contributed by atoms with van der Waals surface area (Å²) in [5, 5.41) is 3.41. The Hall–Kier alpha value is -0.390. The molecule has 2 aliphatic rings. The lowest BCUT2D eigenvalue weighted by Crippen LogP contribution is -2.47. The average Bonchev–Trinajstić information content (AvgIpc) is 2.54. The Morgan fingerprint density at radius 2 is 1.83 bits per heavy atom. The summed E-state index contributed by atoms with van der Waals surface area (Å²) in [6.07, 6.45) is 2.15. The van der Waals surface area contributed by atoms with Gasteiger partial charge < -0.3 is 10.1 Å². The highest BCUT2D eigenvalue weighted by molar-refractivity contribution is 5.85. The Morgan fingerprint density at radius 3 is 2.48 bits per heavy atom. The van der Waals surface area contributed by atoms with Crippen LogP contribution in [0.5, 0.6) is 0 Å². The molecule has 23 heavy (non-hydrogen) atoms. The quantitative estimate of drug-likeness (QED) is 0.889. The van der Waals surface area contributed by atoms with E-state index in [9.17, 15) is 4.39 Å². The van der Waals surface area contributed by atoms with Gasteiger partial charge in [-0.1, -0.05) is 12.1 Å². The van der Waals surface area contributed by atoms with E-state index in [1.165, 1.54) is 5.56 Å². The van der Waals surface area contributed by atoms with Gasteiger partial charge in [0.25, 0.3) is 0 Å². The molecule has 1 aromatic carbocycles. The second-order valence-corrected chi connectivity index (χ2v) is 6.13. The second kappa shape index (κ2) is 9.80. The van der Waals surface area contributed by atoms with Crippen LogP contribution in [0.25, 0.3) is 0 Å². The Bertz CT molecular complexity index is 460. The van der Waals surface area contributed by atoms with Crippen LogP contribution in [-0.2, 0) is 4.74 Å². The van der Waals surface area contributed by atoms with Crippen LogP contribution in [0.3, 0.4) is 0 Å². The lowest BCUT2D eigenvalue weighted by Gasteiger charge is -2.41. The zero-order valence-corrected chi connectivity index (χ0v) is 15.2. The molecule has 0 bridgehead atoms. The van der Waals surface area contributed by atoms with Crippen LogP contribution >= 0.6 is 24.8 Å². The van der Waals surface area contributed by atoms with Gasteiger partial charge in [-0.2, -0.15) is 0 Å². The van der Waals surface area contributed by atoms with E-state index < -0.39 is 0 Å². The monoisotopic (exact) mass is 364 g/mol. The van der Waals surface area contributed by atoms with Crippen LogP contribution in [0.1, 0.15) is 30.0 Å². The first-order chi connectivity index (χ1) is 10.3. The minimum absolute atomic E-state index is 0. The fraction of sp³-hybridized carbons (Fsp3) is 0.647. The molecule has 0 amide bonds. The smallest absolute Gasteiger partial charge is 0.126 e. The lowest BCUT2D eigenvalue weighted by atomic mass is 9.84. The van der Waals surface area contributed by atoms with Gasteiger partial charge in [-0.15, -0.1) is 24.8 Å². The van der Waals surface area contributed by atoms with Gasteiger partial charge in [-0.25, -0.2) is 4.39 Å². The first kappa shape index (κ1) is 20.7. The van der Waals surface area contributed by atoms with E-state index in [-0.39, 0.29) is 30.6 Å². The van der Waals surface area contributed by atoms with Crippen molar-refractivity contribution in [2.75, 3.05) is 39.4 Å². The number of hydrogen-bond acceptors (Lipinski definition) is 3.